The van der Waals surface area contributed by atoms with E-state index >= 15 is 0 Å². The van der Waals surface area contributed by atoms with Crippen molar-refractivity contribution >= 4 is 23.6 Å². The fourth-order valence-corrected chi connectivity index (χ4v) is 4.01. The largest absolute Gasteiger partial charge is 0.438 e. The third kappa shape index (κ3) is 5.71. The Balaban J connectivity index is 1.61. The number of nitrogens with zero attached hydrogens (tertiary/aromatic N) is 1. The van der Waals surface area contributed by atoms with Crippen LogP contribution in [0.4, 0.5) is 14.9 Å². The number of rotatable bonds is 8. The molecule has 186 valence electrons. The van der Waals surface area contributed by atoms with Crippen LogP contribution in [0.2, 0.25) is 0 Å². The number of carbonyl (C=O) groups excluding carboxylic acids is 3. The quantitative estimate of drug-likeness (QED) is 0.463. The van der Waals surface area contributed by atoms with E-state index in [9.17, 15) is 18.8 Å². The number of carbonyl (C=O) groups is 3. The molecule has 1 aliphatic rings. The Kier molecular flexibility index (Phi) is 7.63. The van der Waals surface area contributed by atoms with Crippen molar-refractivity contribution < 1.29 is 23.5 Å². The van der Waals surface area contributed by atoms with Gasteiger partial charge in [-0.1, -0.05) is 49.4 Å². The van der Waals surface area contributed by atoms with E-state index in [4.69, 9.17) is 4.74 Å². The Bertz CT molecular complexity index is 1230. The number of anilines is 1. The van der Waals surface area contributed by atoms with Gasteiger partial charge >= 0.3 is 6.09 Å². The normalized spacial score (nSPS) is 17.9. The third-order valence-electron chi connectivity index (χ3n) is 6.13. The minimum absolute atomic E-state index is 0.0820. The van der Waals surface area contributed by atoms with E-state index in [0.717, 1.165) is 6.42 Å². The van der Waals surface area contributed by atoms with E-state index < -0.39 is 18.2 Å². The molecule has 0 bridgehead atoms. The van der Waals surface area contributed by atoms with Gasteiger partial charge < -0.3 is 15.4 Å². The van der Waals surface area contributed by atoms with Gasteiger partial charge in [-0.2, -0.15) is 0 Å². The molecule has 3 aromatic rings. The number of hydrogen-bond acceptors (Lipinski definition) is 4. The molecule has 1 heterocycles. The summed E-state index contributed by atoms with van der Waals surface area (Å²) in [5, 5.41) is 5.79. The minimum Gasteiger partial charge on any atom is -0.438 e. The van der Waals surface area contributed by atoms with Crippen LogP contribution in [0.1, 0.15) is 47.9 Å². The molecule has 0 spiro atoms. The Labute approximate surface area is 209 Å². The van der Waals surface area contributed by atoms with E-state index in [1.807, 2.05) is 19.9 Å². The van der Waals surface area contributed by atoms with Gasteiger partial charge in [-0.25, -0.2) is 9.18 Å². The van der Waals surface area contributed by atoms with E-state index in [-0.39, 0.29) is 30.2 Å². The molecule has 0 saturated carbocycles. The number of amides is 3. The van der Waals surface area contributed by atoms with Crippen LogP contribution < -0.4 is 10.6 Å². The summed E-state index contributed by atoms with van der Waals surface area (Å²) in [6, 6.07) is 20.4. The fourth-order valence-electron chi connectivity index (χ4n) is 4.01. The van der Waals surface area contributed by atoms with Gasteiger partial charge in [0.2, 0.25) is 5.91 Å². The first-order chi connectivity index (χ1) is 17.4. The molecule has 36 heavy (non-hydrogen) atoms. The van der Waals surface area contributed by atoms with Crippen LogP contribution in [0.15, 0.2) is 78.9 Å². The summed E-state index contributed by atoms with van der Waals surface area (Å²) in [5.74, 6) is -1.01. The monoisotopic (exact) mass is 489 g/mol. The Morgan fingerprint density at radius 3 is 2.44 bits per heavy atom. The number of hydrogen-bond donors (Lipinski definition) is 2. The van der Waals surface area contributed by atoms with Crippen LogP contribution >= 0.6 is 0 Å². The highest BCUT2D eigenvalue weighted by Gasteiger charge is 2.47. The molecule has 3 aromatic carbocycles. The molecule has 0 aromatic heterocycles. The second kappa shape index (κ2) is 11.0. The van der Waals surface area contributed by atoms with Crippen LogP contribution in [-0.2, 0) is 16.1 Å². The molecule has 1 saturated heterocycles. The molecular weight excluding hydrogens is 461 g/mol. The SMILES string of the molecule is CCC(C)NC(=O)C1C(c2cccc(NC(=O)c3ccccc3)c2)OC(=O)N1Cc1ccc(F)cc1. The van der Waals surface area contributed by atoms with Crippen LogP contribution in [0.25, 0.3) is 0 Å². The third-order valence-corrected chi connectivity index (χ3v) is 6.13. The van der Waals surface area contributed by atoms with Crippen molar-refractivity contribution in [2.45, 2.75) is 45.0 Å². The maximum absolute atomic E-state index is 13.4. The Morgan fingerprint density at radius 2 is 1.75 bits per heavy atom. The molecule has 3 unspecified atom stereocenters. The molecule has 0 aliphatic carbocycles. The van der Waals surface area contributed by atoms with Crippen molar-refractivity contribution in [3.05, 3.63) is 101 Å². The van der Waals surface area contributed by atoms with Gasteiger partial charge in [0.15, 0.2) is 12.1 Å². The van der Waals surface area contributed by atoms with E-state index in [1.54, 1.807) is 60.7 Å². The van der Waals surface area contributed by atoms with Crippen LogP contribution in [0.5, 0.6) is 0 Å². The molecule has 0 radical (unpaired) electrons. The maximum Gasteiger partial charge on any atom is 0.411 e. The predicted molar refractivity (Wildman–Crippen MR) is 134 cm³/mol. The van der Waals surface area contributed by atoms with Crippen LogP contribution in [0.3, 0.4) is 0 Å². The predicted octanol–water partition coefficient (Wildman–Crippen LogP) is 5.05. The lowest BCUT2D eigenvalue weighted by molar-refractivity contribution is -0.127. The maximum atomic E-state index is 13.4. The molecule has 2 N–H and O–H groups in total. The lowest BCUT2D eigenvalue weighted by atomic mass is 9.99. The standard InChI is InChI=1S/C28H28FN3O4/c1-3-18(2)30-27(34)24-25(36-28(35)32(24)17-19-12-14-22(29)15-13-19)21-10-7-11-23(16-21)31-26(33)20-8-5-4-6-9-20/h4-16,18,24-25H,3,17H2,1-2H3,(H,30,34)(H,31,33). The second-order valence-electron chi connectivity index (χ2n) is 8.77. The Hall–Kier alpha value is -4.20. The molecule has 7 nitrogen and oxygen atoms in total. The molecule has 8 heteroatoms. The first-order valence-corrected chi connectivity index (χ1v) is 11.8. The summed E-state index contributed by atoms with van der Waals surface area (Å²) >= 11 is 0. The topological polar surface area (TPSA) is 87.7 Å². The van der Waals surface area contributed by atoms with Crippen LogP contribution in [0, 0.1) is 5.82 Å². The van der Waals surface area contributed by atoms with Gasteiger partial charge in [0.1, 0.15) is 5.82 Å². The van der Waals surface area contributed by atoms with Crippen molar-refractivity contribution in [2.24, 2.45) is 0 Å². The molecular formula is C28H28FN3O4. The highest BCUT2D eigenvalue weighted by Crippen LogP contribution is 2.35. The molecule has 1 aliphatic heterocycles. The summed E-state index contributed by atoms with van der Waals surface area (Å²) in [6.45, 7) is 3.92. The Morgan fingerprint density at radius 1 is 1.03 bits per heavy atom. The zero-order valence-electron chi connectivity index (χ0n) is 20.1. The highest BCUT2D eigenvalue weighted by atomic mass is 19.1. The summed E-state index contributed by atoms with van der Waals surface area (Å²) in [4.78, 5) is 40.2. The molecule has 3 amide bonds. The average Bonchev–Trinajstić information content (AvgIpc) is 3.21. The van der Waals surface area contributed by atoms with Crippen molar-refractivity contribution in [1.29, 1.82) is 0 Å². The van der Waals surface area contributed by atoms with Crippen LogP contribution in [-0.4, -0.2) is 34.9 Å². The first-order valence-electron chi connectivity index (χ1n) is 11.8. The number of cyclic esters (lactones) is 1. The van der Waals surface area contributed by atoms with Gasteiger partial charge in [-0.3, -0.25) is 14.5 Å². The zero-order chi connectivity index (χ0) is 25.7. The van der Waals surface area contributed by atoms with Crippen molar-refractivity contribution in [3.63, 3.8) is 0 Å². The first kappa shape index (κ1) is 24.9. The van der Waals surface area contributed by atoms with Gasteiger partial charge in [0, 0.05) is 17.3 Å². The average molecular weight is 490 g/mol. The van der Waals surface area contributed by atoms with Gasteiger partial charge in [-0.15, -0.1) is 0 Å². The molecule has 3 atom stereocenters. The van der Waals surface area contributed by atoms with Gasteiger partial charge in [0.05, 0.1) is 6.54 Å². The van der Waals surface area contributed by atoms with Crippen molar-refractivity contribution in [1.82, 2.24) is 10.2 Å². The minimum atomic E-state index is -0.948. The molecule has 4 rings (SSSR count). The number of nitrogens with one attached hydrogen (secondary N) is 2. The summed E-state index contributed by atoms with van der Waals surface area (Å²) in [7, 11) is 0. The summed E-state index contributed by atoms with van der Waals surface area (Å²) in [5.41, 5.74) is 2.25. The van der Waals surface area contributed by atoms with Gasteiger partial charge in [0.25, 0.3) is 5.91 Å². The molecule has 1 fully saturated rings. The van der Waals surface area contributed by atoms with Crippen molar-refractivity contribution in [3.8, 4) is 0 Å². The lowest BCUT2D eigenvalue weighted by Gasteiger charge is -2.26. The number of benzene rings is 3. The van der Waals surface area contributed by atoms with Gasteiger partial charge in [-0.05, 0) is 60.9 Å². The number of ether oxygens (including phenoxy) is 1. The summed E-state index contributed by atoms with van der Waals surface area (Å²) < 4.78 is 19.1. The summed E-state index contributed by atoms with van der Waals surface area (Å²) in [6.07, 6.45) is -0.820. The van der Waals surface area contributed by atoms with E-state index in [1.165, 1.54) is 17.0 Å². The van der Waals surface area contributed by atoms with E-state index in [0.29, 0.717) is 22.4 Å². The second-order valence-corrected chi connectivity index (χ2v) is 8.77. The fraction of sp³-hybridized carbons (Fsp3) is 0.250. The van der Waals surface area contributed by atoms with Crippen molar-refractivity contribution in [2.75, 3.05) is 5.32 Å². The highest BCUT2D eigenvalue weighted by molar-refractivity contribution is 6.04. The number of halogens is 1. The lowest BCUT2D eigenvalue weighted by Crippen LogP contribution is -2.48. The smallest absolute Gasteiger partial charge is 0.411 e. The van der Waals surface area contributed by atoms with E-state index in [2.05, 4.69) is 10.6 Å². The zero-order valence-corrected chi connectivity index (χ0v) is 20.1.